The van der Waals surface area contributed by atoms with Gasteiger partial charge in [0.1, 0.15) is 18.6 Å². The third-order valence-corrected chi connectivity index (χ3v) is 4.71. The Balaban J connectivity index is 2.33. The van der Waals surface area contributed by atoms with E-state index in [1.807, 2.05) is 23.8 Å². The first kappa shape index (κ1) is 14.5. The number of anilines is 1. The van der Waals surface area contributed by atoms with Crippen LogP contribution in [0.1, 0.15) is 11.1 Å². The van der Waals surface area contributed by atoms with Gasteiger partial charge in [0.15, 0.2) is 0 Å². The second kappa shape index (κ2) is 6.01. The minimum atomic E-state index is -0.377. The topological polar surface area (TPSA) is 43.2 Å². The van der Waals surface area contributed by atoms with Crippen LogP contribution in [0.25, 0.3) is 0 Å². The minimum Gasteiger partial charge on any atom is -0.353 e. The molecule has 0 aliphatic carbocycles. The molecule has 0 amide bonds. The number of alkyl halides is 1. The van der Waals surface area contributed by atoms with E-state index in [1.165, 1.54) is 0 Å². The quantitative estimate of drug-likeness (QED) is 0.743. The Morgan fingerprint density at radius 1 is 1.58 bits per heavy atom. The molecule has 102 valence electrons. The Morgan fingerprint density at radius 3 is 2.95 bits per heavy atom. The highest BCUT2D eigenvalue weighted by Crippen LogP contribution is 2.25. The van der Waals surface area contributed by atoms with Gasteiger partial charge in [-0.2, -0.15) is 5.26 Å². The summed E-state index contributed by atoms with van der Waals surface area (Å²) in [5.41, 5.74) is 1.55. The maximum Gasteiger partial charge on any atom is 0.146 e. The molecule has 1 aliphatic heterocycles. The van der Waals surface area contributed by atoms with Gasteiger partial charge < -0.3 is 4.90 Å². The van der Waals surface area contributed by atoms with Crippen molar-refractivity contribution in [3.63, 3.8) is 0 Å². The number of rotatable bonds is 2. The molecule has 1 aromatic heterocycles. The third-order valence-electron chi connectivity index (χ3n) is 3.62. The maximum atomic E-state index is 13.0. The van der Waals surface area contributed by atoms with Gasteiger partial charge in [-0.1, -0.05) is 0 Å². The lowest BCUT2D eigenvalue weighted by Gasteiger charge is -2.39. The van der Waals surface area contributed by atoms with Gasteiger partial charge in [0.05, 0.1) is 11.6 Å². The molecule has 2 rings (SSSR count). The van der Waals surface area contributed by atoms with Crippen molar-refractivity contribution in [1.82, 2.24) is 9.88 Å². The van der Waals surface area contributed by atoms with Gasteiger partial charge in [-0.25, -0.2) is 9.37 Å². The molecule has 0 aromatic carbocycles. The number of hydrogen-bond donors (Lipinski definition) is 0. The molecule has 0 spiro atoms. The van der Waals surface area contributed by atoms with Crippen LogP contribution in [0.3, 0.4) is 0 Å². The summed E-state index contributed by atoms with van der Waals surface area (Å²) in [6.45, 7) is 3.68. The van der Waals surface area contributed by atoms with Crippen LogP contribution in [-0.2, 0) is 0 Å². The highest BCUT2D eigenvalue weighted by Gasteiger charge is 2.27. The minimum absolute atomic E-state index is 0.123. The molecule has 1 fully saturated rings. The highest BCUT2D eigenvalue weighted by molar-refractivity contribution is 14.1. The van der Waals surface area contributed by atoms with Crippen LogP contribution in [0, 0.1) is 21.8 Å². The van der Waals surface area contributed by atoms with Crippen LogP contribution in [-0.4, -0.2) is 49.3 Å². The second-order valence-electron chi connectivity index (χ2n) is 4.78. The summed E-state index contributed by atoms with van der Waals surface area (Å²) in [6.07, 6.45) is 1.77. The molecule has 6 heteroatoms. The number of nitriles is 1. The molecule has 0 saturated carbocycles. The summed E-state index contributed by atoms with van der Waals surface area (Å²) in [5.74, 6) is 0.687. The molecule has 1 saturated heterocycles. The van der Waals surface area contributed by atoms with Crippen molar-refractivity contribution in [3.05, 3.63) is 20.9 Å². The molecular formula is C13H16FIN4. The zero-order chi connectivity index (χ0) is 14.0. The van der Waals surface area contributed by atoms with E-state index in [0.29, 0.717) is 17.9 Å². The molecule has 2 heterocycles. The number of pyridine rings is 1. The maximum absolute atomic E-state index is 13.0. The fraction of sp³-hybridized carbons (Fsp3) is 0.538. The Bertz CT molecular complexity index is 514. The Kier molecular flexibility index (Phi) is 4.58. The van der Waals surface area contributed by atoms with Crippen molar-refractivity contribution >= 4 is 28.4 Å². The van der Waals surface area contributed by atoms with E-state index in [-0.39, 0.29) is 12.7 Å². The predicted octanol–water partition coefficient (Wildman–Crippen LogP) is 1.96. The molecule has 19 heavy (non-hydrogen) atoms. The van der Waals surface area contributed by atoms with Gasteiger partial charge in [0.25, 0.3) is 0 Å². The summed E-state index contributed by atoms with van der Waals surface area (Å²) in [4.78, 5) is 8.42. The Hall–Kier alpha value is -0.940. The number of hydrogen-bond acceptors (Lipinski definition) is 4. The van der Waals surface area contributed by atoms with E-state index in [0.717, 1.165) is 22.2 Å². The van der Waals surface area contributed by atoms with Gasteiger partial charge in [0, 0.05) is 29.4 Å². The molecular weight excluding hydrogens is 358 g/mol. The lowest BCUT2D eigenvalue weighted by atomic mass is 10.1. The molecule has 0 radical (unpaired) electrons. The molecule has 1 unspecified atom stereocenters. The fourth-order valence-electron chi connectivity index (χ4n) is 2.24. The van der Waals surface area contributed by atoms with E-state index < -0.39 is 0 Å². The van der Waals surface area contributed by atoms with Gasteiger partial charge in [0.2, 0.25) is 0 Å². The average molecular weight is 374 g/mol. The van der Waals surface area contributed by atoms with Crippen LogP contribution in [0.5, 0.6) is 0 Å². The zero-order valence-electron chi connectivity index (χ0n) is 11.0. The Morgan fingerprint density at radius 2 is 2.32 bits per heavy atom. The van der Waals surface area contributed by atoms with E-state index in [1.54, 1.807) is 6.20 Å². The summed E-state index contributed by atoms with van der Waals surface area (Å²) in [7, 11) is 1.93. The highest BCUT2D eigenvalue weighted by atomic mass is 127. The number of likely N-dealkylation sites (N-methyl/N-ethyl adjacent to an activating group) is 1. The van der Waals surface area contributed by atoms with Crippen LogP contribution in [0.4, 0.5) is 10.2 Å². The summed E-state index contributed by atoms with van der Waals surface area (Å²) in [5, 5.41) is 9.32. The Labute approximate surface area is 126 Å². The summed E-state index contributed by atoms with van der Waals surface area (Å²) < 4.78 is 14.0. The predicted molar refractivity (Wildman–Crippen MR) is 81.0 cm³/mol. The standard InChI is InChI=1S/C13H16FIN4/c1-9-11(6-16)13(17-7-12(9)15)19-4-3-18(2)10(5-14)8-19/h7,10H,3-5,8H2,1-2H3. The van der Waals surface area contributed by atoms with Crippen molar-refractivity contribution in [3.8, 4) is 6.07 Å². The van der Waals surface area contributed by atoms with Crippen LogP contribution < -0.4 is 4.90 Å². The van der Waals surface area contributed by atoms with Gasteiger partial charge in [-0.05, 0) is 42.1 Å². The number of nitrogens with zero attached hydrogens (tertiary/aromatic N) is 4. The number of aromatic nitrogens is 1. The number of piperazine rings is 1. The van der Waals surface area contributed by atoms with Crippen molar-refractivity contribution < 1.29 is 4.39 Å². The molecule has 1 aromatic rings. The fourth-order valence-corrected chi connectivity index (χ4v) is 2.65. The molecule has 4 nitrogen and oxygen atoms in total. The summed E-state index contributed by atoms with van der Waals surface area (Å²) in [6, 6.07) is 2.11. The van der Waals surface area contributed by atoms with Crippen LogP contribution in [0.15, 0.2) is 6.20 Å². The lowest BCUT2D eigenvalue weighted by molar-refractivity contribution is 0.183. The molecule has 1 atom stereocenters. The SMILES string of the molecule is Cc1c(I)cnc(N2CCN(C)C(CF)C2)c1C#N. The van der Waals surface area contributed by atoms with Crippen molar-refractivity contribution in [2.75, 3.05) is 38.3 Å². The van der Waals surface area contributed by atoms with Gasteiger partial charge in [-0.3, -0.25) is 4.90 Å². The van der Waals surface area contributed by atoms with Crippen LogP contribution in [0.2, 0.25) is 0 Å². The first-order valence-corrected chi connectivity index (χ1v) is 7.22. The van der Waals surface area contributed by atoms with Crippen LogP contribution >= 0.6 is 22.6 Å². The first-order chi connectivity index (χ1) is 9.08. The largest absolute Gasteiger partial charge is 0.353 e. The molecule has 1 aliphatic rings. The van der Waals surface area contributed by atoms with E-state index in [2.05, 4.69) is 33.6 Å². The van der Waals surface area contributed by atoms with Crippen molar-refractivity contribution in [2.45, 2.75) is 13.0 Å². The van der Waals surface area contributed by atoms with Crippen molar-refractivity contribution in [2.24, 2.45) is 0 Å². The lowest BCUT2D eigenvalue weighted by Crippen LogP contribution is -2.53. The summed E-state index contributed by atoms with van der Waals surface area (Å²) >= 11 is 2.18. The first-order valence-electron chi connectivity index (χ1n) is 6.14. The van der Waals surface area contributed by atoms with E-state index >= 15 is 0 Å². The monoisotopic (exact) mass is 374 g/mol. The van der Waals surface area contributed by atoms with E-state index in [4.69, 9.17) is 0 Å². The van der Waals surface area contributed by atoms with E-state index in [9.17, 15) is 9.65 Å². The third kappa shape index (κ3) is 2.82. The zero-order valence-corrected chi connectivity index (χ0v) is 13.2. The average Bonchev–Trinajstić information content (AvgIpc) is 2.42. The molecule has 0 bridgehead atoms. The molecule has 0 N–H and O–H groups in total. The number of halogens is 2. The van der Waals surface area contributed by atoms with Gasteiger partial charge in [-0.15, -0.1) is 0 Å². The van der Waals surface area contributed by atoms with Gasteiger partial charge >= 0.3 is 0 Å². The van der Waals surface area contributed by atoms with Crippen molar-refractivity contribution in [1.29, 1.82) is 5.26 Å². The second-order valence-corrected chi connectivity index (χ2v) is 5.94. The smallest absolute Gasteiger partial charge is 0.146 e. The normalized spacial score (nSPS) is 20.4.